The number of benzene rings is 2. The van der Waals surface area contributed by atoms with Crippen LogP contribution in [0.4, 0.5) is 26.2 Å². The van der Waals surface area contributed by atoms with Gasteiger partial charge in [-0.15, -0.1) is 0 Å². The summed E-state index contributed by atoms with van der Waals surface area (Å²) in [7, 11) is 0. The van der Waals surface area contributed by atoms with E-state index in [2.05, 4.69) is 30.7 Å². The normalized spacial score (nSPS) is 14.0. The van der Waals surface area contributed by atoms with Crippen LogP contribution in [0.15, 0.2) is 78.8 Å². The number of allylic oxidation sites excluding steroid dienone is 1. The molecule has 0 spiro atoms. The van der Waals surface area contributed by atoms with Crippen molar-refractivity contribution in [2.24, 2.45) is 0 Å². The van der Waals surface area contributed by atoms with Gasteiger partial charge in [0.05, 0.1) is 24.6 Å². The van der Waals surface area contributed by atoms with Gasteiger partial charge < -0.3 is 25.0 Å². The highest BCUT2D eigenvalue weighted by Crippen LogP contribution is 2.23. The molecule has 0 atom stereocenters. The summed E-state index contributed by atoms with van der Waals surface area (Å²) in [6.45, 7) is 12.9. The summed E-state index contributed by atoms with van der Waals surface area (Å²) >= 11 is 0. The number of nitrogens with zero attached hydrogens (tertiary/aromatic N) is 3. The molecular weight excluding hydrogens is 575 g/mol. The number of carbonyl (C=O) groups is 2. The number of amides is 2. The molecule has 1 fully saturated rings. The standard InChI is InChI=1S/C34H43FN6O4/c1-5-31(37-27-14-12-26(35)13-15-27)41(18-8-17-40-19-21-44-22-20-40)24-25-11-16-30(36-23-25)32(42)38-28-9-6-7-10-29(28)39-33(43)45-34(2,3)4/h5-7,9-16,23,37H,8,17-22,24H2,1-4H3,(H,38,42)(H,39,43)/b31-5-. The predicted octanol–water partition coefficient (Wildman–Crippen LogP) is 6.32. The number of morpholine rings is 1. The average molecular weight is 619 g/mol. The number of nitrogens with one attached hydrogen (secondary N) is 3. The zero-order chi connectivity index (χ0) is 32.2. The molecule has 0 unspecified atom stereocenters. The lowest BCUT2D eigenvalue weighted by Gasteiger charge is -2.31. The highest BCUT2D eigenvalue weighted by molar-refractivity contribution is 6.05. The molecule has 3 N–H and O–H groups in total. The molecule has 1 saturated heterocycles. The maximum Gasteiger partial charge on any atom is 0.412 e. The van der Waals surface area contributed by atoms with E-state index in [1.165, 1.54) is 12.1 Å². The summed E-state index contributed by atoms with van der Waals surface area (Å²) < 4.78 is 24.3. The summed E-state index contributed by atoms with van der Waals surface area (Å²) in [5.41, 5.74) is 2.13. The zero-order valence-corrected chi connectivity index (χ0v) is 26.4. The van der Waals surface area contributed by atoms with Crippen molar-refractivity contribution in [2.75, 3.05) is 55.3 Å². The van der Waals surface area contributed by atoms with Crippen molar-refractivity contribution in [1.29, 1.82) is 0 Å². The van der Waals surface area contributed by atoms with Crippen LogP contribution in [0.2, 0.25) is 0 Å². The number of aromatic nitrogens is 1. The Hall–Kier alpha value is -4.48. The molecule has 11 heteroatoms. The highest BCUT2D eigenvalue weighted by Gasteiger charge is 2.19. The van der Waals surface area contributed by atoms with E-state index >= 15 is 0 Å². The van der Waals surface area contributed by atoms with Gasteiger partial charge in [-0.2, -0.15) is 0 Å². The van der Waals surface area contributed by atoms with E-state index in [9.17, 15) is 14.0 Å². The third kappa shape index (κ3) is 10.9. The largest absolute Gasteiger partial charge is 0.444 e. The Morgan fingerprint density at radius 2 is 1.69 bits per heavy atom. The van der Waals surface area contributed by atoms with E-state index in [0.29, 0.717) is 17.9 Å². The first-order valence-corrected chi connectivity index (χ1v) is 15.2. The molecule has 0 radical (unpaired) electrons. The summed E-state index contributed by atoms with van der Waals surface area (Å²) in [5.74, 6) is 0.192. The van der Waals surface area contributed by atoms with Crippen LogP contribution < -0.4 is 16.0 Å². The Kier molecular flexibility index (Phi) is 11.9. The monoisotopic (exact) mass is 618 g/mol. The molecule has 45 heavy (non-hydrogen) atoms. The van der Waals surface area contributed by atoms with Gasteiger partial charge in [-0.25, -0.2) is 9.18 Å². The molecule has 10 nitrogen and oxygen atoms in total. The molecule has 1 aliphatic rings. The van der Waals surface area contributed by atoms with Gasteiger partial charge >= 0.3 is 6.09 Å². The van der Waals surface area contributed by atoms with Crippen molar-refractivity contribution >= 4 is 29.1 Å². The smallest absolute Gasteiger partial charge is 0.412 e. The van der Waals surface area contributed by atoms with Crippen molar-refractivity contribution in [3.8, 4) is 0 Å². The van der Waals surface area contributed by atoms with Gasteiger partial charge in [0.25, 0.3) is 5.91 Å². The lowest BCUT2D eigenvalue weighted by atomic mass is 10.2. The SMILES string of the molecule is C/C=C(/Nc1ccc(F)cc1)N(CCCN1CCOCC1)Cc1ccc(C(=O)Nc2ccccc2NC(=O)OC(C)(C)C)nc1. The molecule has 4 rings (SSSR count). The van der Waals surface area contributed by atoms with E-state index in [1.807, 2.05) is 19.1 Å². The van der Waals surface area contributed by atoms with E-state index in [-0.39, 0.29) is 11.5 Å². The fourth-order valence-corrected chi connectivity index (χ4v) is 4.78. The van der Waals surface area contributed by atoms with E-state index in [4.69, 9.17) is 9.47 Å². The first-order chi connectivity index (χ1) is 21.6. The molecular formula is C34H43FN6O4. The van der Waals surface area contributed by atoms with E-state index in [1.54, 1.807) is 69.4 Å². The summed E-state index contributed by atoms with van der Waals surface area (Å²) in [5, 5.41) is 8.93. The number of pyridine rings is 1. The minimum atomic E-state index is -0.656. The minimum Gasteiger partial charge on any atom is -0.444 e. The number of carbonyl (C=O) groups excluding carboxylic acids is 2. The van der Waals surface area contributed by atoms with Crippen LogP contribution in [0, 0.1) is 5.82 Å². The Labute approximate surface area is 264 Å². The highest BCUT2D eigenvalue weighted by atomic mass is 19.1. The van der Waals surface area contributed by atoms with Gasteiger partial charge in [-0.3, -0.25) is 20.0 Å². The quantitative estimate of drug-likeness (QED) is 0.217. The maximum absolute atomic E-state index is 13.5. The van der Waals surface area contributed by atoms with Gasteiger partial charge in [0, 0.05) is 44.6 Å². The molecule has 2 amide bonds. The molecule has 240 valence electrons. The third-order valence-electron chi connectivity index (χ3n) is 6.98. The Bertz CT molecular complexity index is 1430. The Morgan fingerprint density at radius 3 is 2.31 bits per heavy atom. The van der Waals surface area contributed by atoms with Crippen molar-refractivity contribution in [3.05, 3.63) is 95.8 Å². The van der Waals surface area contributed by atoms with Gasteiger partial charge in [-0.05, 0) is 88.2 Å². The van der Waals surface area contributed by atoms with Crippen LogP contribution >= 0.6 is 0 Å². The fourth-order valence-electron chi connectivity index (χ4n) is 4.78. The first-order valence-electron chi connectivity index (χ1n) is 15.2. The van der Waals surface area contributed by atoms with Crippen LogP contribution in [0.5, 0.6) is 0 Å². The first kappa shape index (κ1) is 33.4. The van der Waals surface area contributed by atoms with Gasteiger partial charge in [0.1, 0.15) is 22.9 Å². The maximum atomic E-state index is 13.5. The van der Waals surface area contributed by atoms with Gasteiger partial charge in [0.2, 0.25) is 0 Å². The second kappa shape index (κ2) is 16.0. The van der Waals surface area contributed by atoms with Crippen molar-refractivity contribution in [2.45, 2.75) is 46.3 Å². The fraction of sp³-hybridized carbons (Fsp3) is 0.382. The average Bonchev–Trinajstić information content (AvgIpc) is 3.01. The number of hydrogen-bond donors (Lipinski definition) is 3. The van der Waals surface area contributed by atoms with Crippen LogP contribution in [-0.2, 0) is 16.0 Å². The van der Waals surface area contributed by atoms with Gasteiger partial charge in [-0.1, -0.05) is 18.2 Å². The predicted molar refractivity (Wildman–Crippen MR) is 175 cm³/mol. The summed E-state index contributed by atoms with van der Waals surface area (Å²) in [4.78, 5) is 34.5. The van der Waals surface area contributed by atoms with Crippen molar-refractivity contribution in [1.82, 2.24) is 14.8 Å². The summed E-state index contributed by atoms with van der Waals surface area (Å²) in [6, 6.07) is 16.7. The number of hydrogen-bond acceptors (Lipinski definition) is 8. The number of halogens is 1. The van der Waals surface area contributed by atoms with Crippen LogP contribution in [0.3, 0.4) is 0 Å². The number of ether oxygens (including phenoxy) is 2. The topological polar surface area (TPSA) is 108 Å². The summed E-state index contributed by atoms with van der Waals surface area (Å²) in [6.07, 6.45) is 4.01. The third-order valence-corrected chi connectivity index (χ3v) is 6.98. The molecule has 1 aliphatic heterocycles. The Balaban J connectivity index is 1.42. The number of para-hydroxylation sites is 2. The molecule has 2 heterocycles. The second-order valence-electron chi connectivity index (χ2n) is 11.7. The minimum absolute atomic E-state index is 0.236. The molecule has 1 aromatic heterocycles. The molecule has 0 saturated carbocycles. The van der Waals surface area contributed by atoms with Crippen LogP contribution in [0.25, 0.3) is 0 Å². The Morgan fingerprint density at radius 1 is 1.00 bits per heavy atom. The number of anilines is 3. The van der Waals surface area contributed by atoms with Gasteiger partial charge in [0.15, 0.2) is 0 Å². The van der Waals surface area contributed by atoms with Crippen molar-refractivity contribution in [3.63, 3.8) is 0 Å². The lowest BCUT2D eigenvalue weighted by Crippen LogP contribution is -2.38. The van der Waals surface area contributed by atoms with Crippen molar-refractivity contribution < 1.29 is 23.5 Å². The zero-order valence-electron chi connectivity index (χ0n) is 26.4. The molecule has 0 bridgehead atoms. The lowest BCUT2D eigenvalue weighted by molar-refractivity contribution is 0.0364. The molecule has 2 aromatic carbocycles. The van der Waals surface area contributed by atoms with Crippen LogP contribution in [-0.4, -0.2) is 71.8 Å². The van der Waals surface area contributed by atoms with E-state index < -0.39 is 17.6 Å². The van der Waals surface area contributed by atoms with E-state index in [0.717, 1.165) is 62.9 Å². The molecule has 0 aliphatic carbocycles. The second-order valence-corrected chi connectivity index (χ2v) is 11.7. The van der Waals surface area contributed by atoms with Crippen LogP contribution in [0.1, 0.15) is 50.2 Å². The molecule has 3 aromatic rings. The number of rotatable bonds is 12.